The van der Waals surface area contributed by atoms with E-state index in [4.69, 9.17) is 14.2 Å². The van der Waals surface area contributed by atoms with Crippen LogP contribution in [-0.2, 0) is 28.6 Å². The molecule has 0 aliphatic heterocycles. The number of carbonyl (C=O) groups is 3. The van der Waals surface area contributed by atoms with Gasteiger partial charge in [-0.3, -0.25) is 14.4 Å². The molecule has 66 heavy (non-hydrogen) atoms. The summed E-state index contributed by atoms with van der Waals surface area (Å²) in [5.74, 6) is -0.944. The van der Waals surface area contributed by atoms with Gasteiger partial charge in [0.15, 0.2) is 6.10 Å². The summed E-state index contributed by atoms with van der Waals surface area (Å²) < 4.78 is 16.8. The van der Waals surface area contributed by atoms with E-state index < -0.39 is 6.10 Å². The zero-order chi connectivity index (χ0) is 47.9. The highest BCUT2D eigenvalue weighted by Gasteiger charge is 2.19. The molecule has 374 valence electrons. The molecule has 0 aromatic rings. The van der Waals surface area contributed by atoms with Crippen molar-refractivity contribution in [3.8, 4) is 0 Å². The van der Waals surface area contributed by atoms with Crippen molar-refractivity contribution < 1.29 is 28.6 Å². The lowest BCUT2D eigenvalue weighted by atomic mass is 10.1. The molecule has 0 aliphatic carbocycles. The van der Waals surface area contributed by atoms with Crippen LogP contribution in [0.4, 0.5) is 0 Å². The van der Waals surface area contributed by atoms with Crippen molar-refractivity contribution in [1.29, 1.82) is 0 Å². The summed E-state index contributed by atoms with van der Waals surface area (Å²) in [5, 5.41) is 0. The molecule has 0 aromatic carbocycles. The van der Waals surface area contributed by atoms with Gasteiger partial charge >= 0.3 is 17.9 Å². The molecule has 0 rings (SSSR count). The average molecular weight is 915 g/mol. The first kappa shape index (κ1) is 62.1. The fraction of sp³-hybridized carbons (Fsp3) is 0.650. The van der Waals surface area contributed by atoms with Crippen LogP contribution in [0.3, 0.4) is 0 Å². The van der Waals surface area contributed by atoms with Gasteiger partial charge < -0.3 is 14.2 Å². The molecule has 0 N–H and O–H groups in total. The highest BCUT2D eigenvalue weighted by Crippen LogP contribution is 2.14. The standard InChI is InChI=1S/C60H98O6/c1-4-7-10-13-16-19-22-25-28-30-31-33-35-38-41-44-47-50-53-59(62)65-56-57(55-64-58(61)52-49-46-43-40-37-34-27-24-21-18-15-12-9-6-3)66-60(63)54-51-48-45-42-39-36-32-29-26-23-20-17-14-11-8-5-2/h8-9,11-12,16-22,25-26,28-31,33,57H,4-7,10,13-15,23-24,27,32,34-56H2,1-3H3/b11-8-,12-9-,19-16-,20-17-,21-18-,25-22-,29-26-,30-28-,33-31-. The van der Waals surface area contributed by atoms with Gasteiger partial charge in [-0.1, -0.05) is 220 Å². The number of rotatable bonds is 47. The summed E-state index contributed by atoms with van der Waals surface area (Å²) in [6.07, 6.45) is 72.1. The van der Waals surface area contributed by atoms with Crippen molar-refractivity contribution in [2.75, 3.05) is 13.2 Å². The summed E-state index contributed by atoms with van der Waals surface area (Å²) in [7, 11) is 0. The number of unbranched alkanes of at least 4 members (excludes halogenated alkanes) is 21. The Morgan fingerprint density at radius 3 is 1.06 bits per heavy atom. The first-order chi connectivity index (χ1) is 32.5. The Hall–Kier alpha value is -3.93. The third-order valence-electron chi connectivity index (χ3n) is 11.1. The predicted molar refractivity (Wildman–Crippen MR) is 283 cm³/mol. The summed E-state index contributed by atoms with van der Waals surface area (Å²) in [4.78, 5) is 38.1. The van der Waals surface area contributed by atoms with Gasteiger partial charge in [0.05, 0.1) is 0 Å². The van der Waals surface area contributed by atoms with Crippen LogP contribution in [0.1, 0.15) is 233 Å². The minimum absolute atomic E-state index is 0.0975. The van der Waals surface area contributed by atoms with Gasteiger partial charge in [0, 0.05) is 19.3 Å². The lowest BCUT2D eigenvalue weighted by molar-refractivity contribution is -0.167. The lowest BCUT2D eigenvalue weighted by Gasteiger charge is -2.18. The second-order valence-corrected chi connectivity index (χ2v) is 17.5. The molecule has 0 aliphatic rings. The van der Waals surface area contributed by atoms with Crippen LogP contribution in [0.15, 0.2) is 109 Å². The van der Waals surface area contributed by atoms with Gasteiger partial charge in [0.25, 0.3) is 0 Å². The summed E-state index contributed by atoms with van der Waals surface area (Å²) in [6, 6.07) is 0. The van der Waals surface area contributed by atoms with E-state index in [1.807, 2.05) is 0 Å². The van der Waals surface area contributed by atoms with Crippen molar-refractivity contribution in [2.45, 2.75) is 239 Å². The SMILES string of the molecule is CC/C=C\C/C=C\C/C=C\CCCCCCCCC(=O)OC(COC(=O)CCCCCCC\C=C/C=C\C=C/C=C\CCCCC)COC(=O)CCCCCCCCC/C=C\C/C=C\CC. The van der Waals surface area contributed by atoms with Gasteiger partial charge in [-0.05, 0) is 103 Å². The maximum atomic E-state index is 12.8. The minimum atomic E-state index is -0.800. The molecule has 0 bridgehead atoms. The molecular weight excluding hydrogens is 817 g/mol. The van der Waals surface area contributed by atoms with Crippen molar-refractivity contribution in [1.82, 2.24) is 0 Å². The van der Waals surface area contributed by atoms with Crippen LogP contribution >= 0.6 is 0 Å². The van der Waals surface area contributed by atoms with Crippen molar-refractivity contribution in [2.24, 2.45) is 0 Å². The largest absolute Gasteiger partial charge is 0.462 e. The fourth-order valence-corrected chi connectivity index (χ4v) is 7.09. The van der Waals surface area contributed by atoms with E-state index in [9.17, 15) is 14.4 Å². The Kier molecular flexibility index (Phi) is 50.5. The average Bonchev–Trinajstić information content (AvgIpc) is 3.31. The first-order valence-electron chi connectivity index (χ1n) is 26.9. The van der Waals surface area contributed by atoms with E-state index in [2.05, 4.69) is 130 Å². The zero-order valence-electron chi connectivity index (χ0n) is 42.7. The normalized spacial score (nSPS) is 13.0. The Labute approximate surface area is 406 Å². The Morgan fingerprint density at radius 2 is 0.652 bits per heavy atom. The fourth-order valence-electron chi connectivity index (χ4n) is 7.09. The zero-order valence-corrected chi connectivity index (χ0v) is 42.7. The van der Waals surface area contributed by atoms with E-state index >= 15 is 0 Å². The van der Waals surface area contributed by atoms with E-state index in [1.54, 1.807) is 0 Å². The molecule has 6 nitrogen and oxygen atoms in total. The highest BCUT2D eigenvalue weighted by atomic mass is 16.6. The molecule has 0 fully saturated rings. The number of allylic oxidation sites excluding steroid dienone is 18. The third kappa shape index (κ3) is 51.1. The molecule has 0 saturated carbocycles. The second kappa shape index (κ2) is 53.7. The third-order valence-corrected chi connectivity index (χ3v) is 11.1. The topological polar surface area (TPSA) is 78.9 Å². The van der Waals surface area contributed by atoms with Crippen LogP contribution in [0.5, 0.6) is 0 Å². The molecular formula is C60H98O6. The van der Waals surface area contributed by atoms with Gasteiger partial charge in [0.1, 0.15) is 13.2 Å². The minimum Gasteiger partial charge on any atom is -0.462 e. The maximum Gasteiger partial charge on any atom is 0.306 e. The quantitative estimate of drug-likeness (QED) is 0.0199. The van der Waals surface area contributed by atoms with Crippen molar-refractivity contribution >= 4 is 17.9 Å². The molecule has 1 atom stereocenters. The summed E-state index contributed by atoms with van der Waals surface area (Å²) in [5.41, 5.74) is 0. The number of hydrogen-bond acceptors (Lipinski definition) is 6. The number of ether oxygens (including phenoxy) is 3. The number of carbonyl (C=O) groups excluding carboxylic acids is 3. The molecule has 0 aromatic heterocycles. The van der Waals surface area contributed by atoms with Crippen LogP contribution in [0, 0.1) is 0 Å². The molecule has 0 spiro atoms. The highest BCUT2D eigenvalue weighted by molar-refractivity contribution is 5.71. The van der Waals surface area contributed by atoms with Gasteiger partial charge in [-0.15, -0.1) is 0 Å². The van der Waals surface area contributed by atoms with E-state index in [0.717, 1.165) is 135 Å². The number of hydrogen-bond donors (Lipinski definition) is 0. The van der Waals surface area contributed by atoms with E-state index in [0.29, 0.717) is 19.3 Å². The number of esters is 3. The van der Waals surface area contributed by atoms with Crippen molar-refractivity contribution in [3.05, 3.63) is 109 Å². The van der Waals surface area contributed by atoms with Crippen molar-refractivity contribution in [3.63, 3.8) is 0 Å². The summed E-state index contributed by atoms with van der Waals surface area (Å²) in [6.45, 7) is 6.34. The maximum absolute atomic E-state index is 12.8. The van der Waals surface area contributed by atoms with Gasteiger partial charge in [0.2, 0.25) is 0 Å². The van der Waals surface area contributed by atoms with E-state index in [-0.39, 0.29) is 31.1 Å². The molecule has 0 amide bonds. The molecule has 6 heteroatoms. The van der Waals surface area contributed by atoms with Crippen LogP contribution in [0.25, 0.3) is 0 Å². The Morgan fingerprint density at radius 1 is 0.333 bits per heavy atom. The Balaban J connectivity index is 4.48. The Bertz CT molecular complexity index is 1370. The molecule has 0 heterocycles. The predicted octanol–water partition coefficient (Wildman–Crippen LogP) is 17.9. The van der Waals surface area contributed by atoms with Gasteiger partial charge in [-0.2, -0.15) is 0 Å². The summed E-state index contributed by atoms with van der Waals surface area (Å²) >= 11 is 0. The molecule has 0 radical (unpaired) electrons. The molecule has 0 saturated heterocycles. The first-order valence-corrected chi connectivity index (χ1v) is 26.9. The van der Waals surface area contributed by atoms with Crippen LogP contribution in [-0.4, -0.2) is 37.2 Å². The second-order valence-electron chi connectivity index (χ2n) is 17.5. The smallest absolute Gasteiger partial charge is 0.306 e. The van der Waals surface area contributed by atoms with Gasteiger partial charge in [-0.25, -0.2) is 0 Å². The lowest BCUT2D eigenvalue weighted by Crippen LogP contribution is -2.30. The monoisotopic (exact) mass is 915 g/mol. The van der Waals surface area contributed by atoms with Crippen LogP contribution in [0.2, 0.25) is 0 Å². The van der Waals surface area contributed by atoms with Crippen LogP contribution < -0.4 is 0 Å². The van der Waals surface area contributed by atoms with E-state index in [1.165, 1.54) is 57.8 Å². The molecule has 1 unspecified atom stereocenters.